The summed E-state index contributed by atoms with van der Waals surface area (Å²) in [5.74, 6) is -0.193. The monoisotopic (exact) mass is 517 g/mol. The molecule has 2 aromatic heterocycles. The summed E-state index contributed by atoms with van der Waals surface area (Å²) in [6.45, 7) is 0. The van der Waals surface area contributed by atoms with Gasteiger partial charge in [0.25, 0.3) is 5.91 Å². The Labute approximate surface area is 182 Å². The molecular weight excluding hydrogens is 506 g/mol. The number of pyridine rings is 1. The molecule has 0 unspecified atom stereocenters. The summed E-state index contributed by atoms with van der Waals surface area (Å²) in [6.07, 6.45) is 8.64. The Hall–Kier alpha value is -3.04. The number of esters is 1. The van der Waals surface area contributed by atoms with E-state index in [9.17, 15) is 9.59 Å². The van der Waals surface area contributed by atoms with Crippen LogP contribution in [0.15, 0.2) is 79.6 Å². The van der Waals surface area contributed by atoms with E-state index in [2.05, 4.69) is 47.4 Å². The number of hydrogen-bond donors (Lipinski definition) is 1. The fraction of sp³-hybridized carbons (Fsp3) is 0. The number of hydrazone groups is 1. The summed E-state index contributed by atoms with van der Waals surface area (Å²) in [5.41, 5.74) is 3.25. The van der Waals surface area contributed by atoms with E-state index in [1.807, 2.05) is 0 Å². The molecule has 0 spiro atoms. The Morgan fingerprint density at radius 2 is 2.00 bits per heavy atom. The number of rotatable bonds is 6. The van der Waals surface area contributed by atoms with Crippen LogP contribution < -0.4 is 10.2 Å². The predicted molar refractivity (Wildman–Crippen MR) is 115 cm³/mol. The lowest BCUT2D eigenvalue weighted by Gasteiger charge is -2.06. The predicted octanol–water partition coefficient (Wildman–Crippen LogP) is 4.58. The number of carbonyl (C=O) groups excluding carboxylic acids is 2. The van der Waals surface area contributed by atoms with Crippen LogP contribution >= 0.6 is 31.9 Å². The minimum Gasteiger partial charge on any atom is -0.465 e. The second kappa shape index (κ2) is 9.94. The number of amides is 1. The van der Waals surface area contributed by atoms with Crippen molar-refractivity contribution in [2.75, 3.05) is 0 Å². The van der Waals surface area contributed by atoms with Crippen molar-refractivity contribution in [1.29, 1.82) is 0 Å². The normalized spacial score (nSPS) is 11.1. The quantitative estimate of drug-likeness (QED) is 0.169. The lowest BCUT2D eigenvalue weighted by Crippen LogP contribution is -2.18. The number of nitrogens with one attached hydrogen (secondary N) is 1. The van der Waals surface area contributed by atoms with Crippen LogP contribution in [-0.2, 0) is 4.79 Å². The molecule has 1 amide bonds. The van der Waals surface area contributed by atoms with E-state index in [-0.39, 0.29) is 5.75 Å². The molecule has 0 aliphatic carbocycles. The average Bonchev–Trinajstić information content (AvgIpc) is 3.22. The van der Waals surface area contributed by atoms with Crippen LogP contribution in [0.25, 0.3) is 6.08 Å². The van der Waals surface area contributed by atoms with Gasteiger partial charge in [0.15, 0.2) is 0 Å². The molecule has 0 radical (unpaired) electrons. The molecule has 146 valence electrons. The number of hydrogen-bond acceptors (Lipinski definition) is 6. The van der Waals surface area contributed by atoms with Crippen LogP contribution in [0.4, 0.5) is 0 Å². The smallest absolute Gasteiger partial charge is 0.336 e. The lowest BCUT2D eigenvalue weighted by molar-refractivity contribution is -0.128. The number of benzene rings is 1. The van der Waals surface area contributed by atoms with E-state index in [0.717, 1.165) is 4.47 Å². The van der Waals surface area contributed by atoms with Gasteiger partial charge in [0.2, 0.25) is 0 Å². The first kappa shape index (κ1) is 20.7. The van der Waals surface area contributed by atoms with Crippen molar-refractivity contribution in [3.63, 3.8) is 0 Å². The number of aromatic nitrogens is 1. The molecule has 7 nitrogen and oxygen atoms in total. The van der Waals surface area contributed by atoms with Gasteiger partial charge in [-0.2, -0.15) is 5.10 Å². The standard InChI is InChI=1S/C20H13Br2N3O4/c21-15-3-5-18(29-19(26)6-4-17-2-1-7-28-17)13(8-15)11-24-25-20(27)14-9-16(22)12-23-10-14/h1-12H,(H,25,27)/b6-4+,24-11-. The number of furan rings is 1. The van der Waals surface area contributed by atoms with Crippen molar-refractivity contribution < 1.29 is 18.7 Å². The average molecular weight is 519 g/mol. The van der Waals surface area contributed by atoms with Crippen molar-refractivity contribution >= 4 is 56.0 Å². The van der Waals surface area contributed by atoms with Crippen LogP contribution in [0.5, 0.6) is 5.75 Å². The van der Waals surface area contributed by atoms with Crippen molar-refractivity contribution in [3.8, 4) is 5.75 Å². The summed E-state index contributed by atoms with van der Waals surface area (Å²) in [6, 6.07) is 10.1. The van der Waals surface area contributed by atoms with Gasteiger partial charge in [-0.15, -0.1) is 0 Å². The van der Waals surface area contributed by atoms with Crippen LogP contribution in [0.1, 0.15) is 21.7 Å². The van der Waals surface area contributed by atoms with Crippen molar-refractivity contribution in [2.45, 2.75) is 0 Å². The van der Waals surface area contributed by atoms with E-state index in [0.29, 0.717) is 21.4 Å². The second-order valence-electron chi connectivity index (χ2n) is 5.54. The SMILES string of the molecule is O=C(/C=C/c1ccco1)Oc1ccc(Br)cc1/C=N\NC(=O)c1cncc(Br)c1. The van der Waals surface area contributed by atoms with E-state index in [1.165, 1.54) is 30.8 Å². The van der Waals surface area contributed by atoms with Crippen molar-refractivity contribution in [3.05, 3.63) is 87.0 Å². The highest BCUT2D eigenvalue weighted by molar-refractivity contribution is 9.10. The van der Waals surface area contributed by atoms with Gasteiger partial charge in [0.1, 0.15) is 11.5 Å². The summed E-state index contributed by atoms with van der Waals surface area (Å²) >= 11 is 6.61. The molecule has 0 aliphatic rings. The summed E-state index contributed by atoms with van der Waals surface area (Å²) in [5, 5.41) is 3.93. The van der Waals surface area contributed by atoms with E-state index >= 15 is 0 Å². The molecule has 2 heterocycles. The topological polar surface area (TPSA) is 93.8 Å². The van der Waals surface area contributed by atoms with Gasteiger partial charge in [-0.05, 0) is 58.4 Å². The molecule has 0 bridgehead atoms. The van der Waals surface area contributed by atoms with Gasteiger partial charge in [0.05, 0.1) is 18.0 Å². The highest BCUT2D eigenvalue weighted by atomic mass is 79.9. The van der Waals surface area contributed by atoms with Gasteiger partial charge < -0.3 is 9.15 Å². The zero-order valence-electron chi connectivity index (χ0n) is 14.7. The fourth-order valence-corrected chi connectivity index (χ4v) is 2.90. The molecule has 0 saturated carbocycles. The zero-order valence-corrected chi connectivity index (χ0v) is 17.9. The number of halogens is 2. The summed E-state index contributed by atoms with van der Waals surface area (Å²) in [4.78, 5) is 28.1. The zero-order chi connectivity index (χ0) is 20.6. The van der Waals surface area contributed by atoms with E-state index in [4.69, 9.17) is 9.15 Å². The first-order chi connectivity index (χ1) is 14.0. The molecule has 1 aromatic carbocycles. The second-order valence-corrected chi connectivity index (χ2v) is 7.37. The van der Waals surface area contributed by atoms with E-state index < -0.39 is 11.9 Å². The summed E-state index contributed by atoms with van der Waals surface area (Å²) in [7, 11) is 0. The molecule has 0 saturated heterocycles. The molecule has 0 fully saturated rings. The fourth-order valence-electron chi connectivity index (χ4n) is 2.15. The third-order valence-corrected chi connectivity index (χ3v) is 4.37. The third kappa shape index (κ3) is 6.23. The molecule has 0 aliphatic heterocycles. The minimum atomic E-state index is -0.581. The van der Waals surface area contributed by atoms with E-state index in [1.54, 1.807) is 42.6 Å². The highest BCUT2D eigenvalue weighted by Gasteiger charge is 2.08. The van der Waals surface area contributed by atoms with Gasteiger partial charge in [-0.25, -0.2) is 10.2 Å². The van der Waals surface area contributed by atoms with Gasteiger partial charge in [-0.1, -0.05) is 15.9 Å². The number of ether oxygens (including phenoxy) is 1. The molecule has 0 atom stereocenters. The first-order valence-corrected chi connectivity index (χ1v) is 9.77. The number of nitrogens with zero attached hydrogens (tertiary/aromatic N) is 2. The van der Waals surface area contributed by atoms with Gasteiger partial charge >= 0.3 is 5.97 Å². The third-order valence-electron chi connectivity index (χ3n) is 3.45. The molecule has 29 heavy (non-hydrogen) atoms. The van der Waals surface area contributed by atoms with Crippen molar-refractivity contribution in [2.24, 2.45) is 5.10 Å². The minimum absolute atomic E-state index is 0.282. The maximum absolute atomic E-state index is 12.1. The Morgan fingerprint density at radius 1 is 1.14 bits per heavy atom. The van der Waals surface area contributed by atoms with Crippen LogP contribution in [0, 0.1) is 0 Å². The van der Waals surface area contributed by atoms with Gasteiger partial charge in [0, 0.05) is 33.0 Å². The highest BCUT2D eigenvalue weighted by Crippen LogP contribution is 2.22. The molecule has 9 heteroatoms. The Morgan fingerprint density at radius 3 is 2.76 bits per heavy atom. The lowest BCUT2D eigenvalue weighted by atomic mass is 10.2. The van der Waals surface area contributed by atoms with Gasteiger partial charge in [-0.3, -0.25) is 9.78 Å². The maximum atomic E-state index is 12.1. The van der Waals surface area contributed by atoms with Crippen molar-refractivity contribution in [1.82, 2.24) is 10.4 Å². The molecule has 3 rings (SSSR count). The molecule has 1 N–H and O–H groups in total. The molecular formula is C20H13Br2N3O4. The van der Waals surface area contributed by atoms with Crippen LogP contribution in [0.2, 0.25) is 0 Å². The molecule has 3 aromatic rings. The largest absolute Gasteiger partial charge is 0.465 e. The number of carbonyl (C=O) groups is 2. The van der Waals surface area contributed by atoms with Crippen LogP contribution in [0.3, 0.4) is 0 Å². The maximum Gasteiger partial charge on any atom is 0.336 e. The Kier molecular flexibility index (Phi) is 7.09. The summed E-state index contributed by atoms with van der Waals surface area (Å²) < 4.78 is 11.9. The van der Waals surface area contributed by atoms with Crippen LogP contribution in [-0.4, -0.2) is 23.1 Å². The first-order valence-electron chi connectivity index (χ1n) is 8.18. The Bertz CT molecular complexity index is 1080. The Balaban J connectivity index is 1.68.